The fraction of sp³-hybridized carbons (Fsp3) is 0.667. The van der Waals surface area contributed by atoms with Crippen LogP contribution in [0.2, 0.25) is 0 Å². The van der Waals surface area contributed by atoms with Crippen LogP contribution in [0.1, 0.15) is 50.8 Å². The molecule has 3 rings (SSSR count). The number of carboxylic acid groups (broad SMARTS) is 1. The van der Waals surface area contributed by atoms with Gasteiger partial charge in [-0.05, 0) is 51.2 Å². The molecule has 1 fully saturated rings. The second kappa shape index (κ2) is 6.90. The van der Waals surface area contributed by atoms with Crippen LogP contribution < -0.4 is 9.46 Å². The van der Waals surface area contributed by atoms with Gasteiger partial charge >= 0.3 is 6.09 Å². The number of likely N-dealkylation sites (tertiary alicyclic amines) is 1. The number of hydrogen-bond acceptors (Lipinski definition) is 5. The monoisotopic (exact) mass is 381 g/mol. The highest BCUT2D eigenvalue weighted by molar-refractivity contribution is 7.90. The molecule has 2 atom stereocenters. The molecule has 1 aromatic rings. The van der Waals surface area contributed by atoms with Crippen LogP contribution in [-0.2, 0) is 17.8 Å². The number of hydrogen-bond donors (Lipinski definition) is 2. The highest BCUT2D eigenvalue weighted by Gasteiger charge is 2.51. The maximum atomic E-state index is 12.8. The largest absolute Gasteiger partial charge is 0.598 e. The number of carbonyl (C=O) groups is 1. The topological polar surface area (TPSA) is 97.8 Å². The minimum atomic E-state index is -1.23. The first-order valence-corrected chi connectivity index (χ1v) is 10.00. The second-order valence-electron chi connectivity index (χ2n) is 8.17. The van der Waals surface area contributed by atoms with Crippen molar-refractivity contribution in [2.75, 3.05) is 20.2 Å². The van der Waals surface area contributed by atoms with Gasteiger partial charge in [0.1, 0.15) is 4.75 Å². The van der Waals surface area contributed by atoms with Crippen molar-refractivity contribution in [1.29, 1.82) is 0 Å². The van der Waals surface area contributed by atoms with E-state index in [1.807, 2.05) is 33.0 Å². The molecule has 0 aromatic carbocycles. The van der Waals surface area contributed by atoms with Gasteiger partial charge in [-0.2, -0.15) is 0 Å². The maximum absolute atomic E-state index is 12.8. The standard InChI is InChI=1S/C18H27N3O4S/c1-17(2,3)26(24)20-15-13-9-14(25-4)19-11-12(13)10-18(15)5-7-21(8-6-18)16(22)23/h9,11,15,20H,5-8,10H2,1-4H3,(H,22,23)/t15-,26-/m1/s1. The minimum absolute atomic E-state index is 0.106. The lowest BCUT2D eigenvalue weighted by Gasteiger charge is -2.43. The third-order valence-corrected chi connectivity index (χ3v) is 7.05. The van der Waals surface area contributed by atoms with Crippen LogP contribution in [0.15, 0.2) is 12.3 Å². The zero-order chi connectivity index (χ0) is 19.1. The van der Waals surface area contributed by atoms with Gasteiger partial charge < -0.3 is 19.3 Å². The Morgan fingerprint density at radius 1 is 1.46 bits per heavy atom. The quantitative estimate of drug-likeness (QED) is 0.781. The van der Waals surface area contributed by atoms with E-state index in [1.54, 1.807) is 7.11 Å². The molecule has 26 heavy (non-hydrogen) atoms. The summed E-state index contributed by atoms with van der Waals surface area (Å²) in [4.78, 5) is 17.1. The van der Waals surface area contributed by atoms with Crippen molar-refractivity contribution in [2.45, 2.75) is 50.8 Å². The van der Waals surface area contributed by atoms with Crippen molar-refractivity contribution in [3.05, 3.63) is 23.4 Å². The molecule has 1 aliphatic carbocycles. The molecule has 0 saturated carbocycles. The van der Waals surface area contributed by atoms with Crippen molar-refractivity contribution in [3.8, 4) is 5.88 Å². The predicted octanol–water partition coefficient (Wildman–Crippen LogP) is 2.50. The summed E-state index contributed by atoms with van der Waals surface area (Å²) in [7, 11) is 1.58. The van der Waals surface area contributed by atoms with E-state index in [9.17, 15) is 14.5 Å². The van der Waals surface area contributed by atoms with Crippen LogP contribution in [0.4, 0.5) is 4.79 Å². The molecule has 2 aliphatic rings. The van der Waals surface area contributed by atoms with E-state index in [0.717, 1.165) is 30.4 Å². The molecule has 2 N–H and O–H groups in total. The van der Waals surface area contributed by atoms with Crippen LogP contribution in [0, 0.1) is 5.41 Å². The van der Waals surface area contributed by atoms with Crippen molar-refractivity contribution < 1.29 is 19.2 Å². The number of nitrogens with one attached hydrogen (secondary N) is 1. The van der Waals surface area contributed by atoms with E-state index in [-0.39, 0.29) is 16.2 Å². The lowest BCUT2D eigenvalue weighted by Crippen LogP contribution is -2.50. The average molecular weight is 381 g/mol. The van der Waals surface area contributed by atoms with Gasteiger partial charge in [0.15, 0.2) is 0 Å². The molecule has 1 amide bonds. The summed E-state index contributed by atoms with van der Waals surface area (Å²) < 4.78 is 21.1. The third kappa shape index (κ3) is 3.50. The summed E-state index contributed by atoms with van der Waals surface area (Å²) in [5.41, 5.74) is 2.04. The molecule has 7 nitrogen and oxygen atoms in total. The first-order valence-electron chi connectivity index (χ1n) is 8.85. The summed E-state index contributed by atoms with van der Waals surface area (Å²) in [6, 6.07) is 1.82. The number of aromatic nitrogens is 1. The molecular formula is C18H27N3O4S. The van der Waals surface area contributed by atoms with Gasteiger partial charge in [0.2, 0.25) is 5.88 Å². The highest BCUT2D eigenvalue weighted by atomic mass is 32.2. The van der Waals surface area contributed by atoms with Gasteiger partial charge in [0.05, 0.1) is 13.2 Å². The van der Waals surface area contributed by atoms with Gasteiger partial charge in [-0.3, -0.25) is 0 Å². The van der Waals surface area contributed by atoms with Gasteiger partial charge in [-0.15, -0.1) is 4.72 Å². The second-order valence-corrected chi connectivity index (χ2v) is 10.2. The van der Waals surface area contributed by atoms with E-state index < -0.39 is 17.5 Å². The van der Waals surface area contributed by atoms with Crippen LogP contribution in [0.25, 0.3) is 0 Å². The summed E-state index contributed by atoms with van der Waals surface area (Å²) in [6.45, 7) is 6.82. The van der Waals surface area contributed by atoms with Crippen LogP contribution in [-0.4, -0.2) is 50.6 Å². The Bertz CT molecular complexity index is 684. The molecule has 0 bridgehead atoms. The van der Waals surface area contributed by atoms with E-state index in [2.05, 4.69) is 9.71 Å². The molecule has 8 heteroatoms. The Morgan fingerprint density at radius 2 is 2.12 bits per heavy atom. The van der Waals surface area contributed by atoms with Gasteiger partial charge in [0.25, 0.3) is 0 Å². The average Bonchev–Trinajstić information content (AvgIpc) is 2.87. The first kappa shape index (κ1) is 19.3. The molecule has 1 saturated heterocycles. The number of nitrogens with zero attached hydrogens (tertiary/aromatic N) is 2. The predicted molar refractivity (Wildman–Crippen MR) is 99.5 cm³/mol. The Labute approximate surface area is 157 Å². The zero-order valence-corrected chi connectivity index (χ0v) is 16.6. The minimum Gasteiger partial charge on any atom is -0.598 e. The number of rotatable bonds is 3. The zero-order valence-electron chi connectivity index (χ0n) is 15.7. The van der Waals surface area contributed by atoms with Gasteiger partial charge in [-0.25, -0.2) is 9.78 Å². The Balaban J connectivity index is 1.92. The first-order chi connectivity index (χ1) is 12.2. The smallest absolute Gasteiger partial charge is 0.407 e. The Morgan fingerprint density at radius 3 is 2.65 bits per heavy atom. The number of pyridine rings is 1. The molecule has 1 aromatic heterocycles. The number of methoxy groups -OCH3 is 1. The molecule has 0 radical (unpaired) electrons. The lowest BCUT2D eigenvalue weighted by atomic mass is 9.73. The van der Waals surface area contributed by atoms with E-state index in [1.165, 1.54) is 4.90 Å². The SMILES string of the molecule is COc1cc2c(cn1)CC1(CCN(C(=O)O)CC1)[C@@H]2N[S@+]([O-])C(C)(C)C. The molecule has 0 unspecified atom stereocenters. The molecular weight excluding hydrogens is 354 g/mol. The number of amides is 1. The van der Waals surface area contributed by atoms with Crippen LogP contribution in [0.5, 0.6) is 5.88 Å². The van der Waals surface area contributed by atoms with Crippen molar-refractivity contribution in [2.24, 2.45) is 5.41 Å². The molecule has 2 heterocycles. The van der Waals surface area contributed by atoms with E-state index in [0.29, 0.717) is 19.0 Å². The van der Waals surface area contributed by atoms with Crippen molar-refractivity contribution in [1.82, 2.24) is 14.6 Å². The summed E-state index contributed by atoms with van der Waals surface area (Å²) in [5, 5.41) is 9.26. The fourth-order valence-corrected chi connectivity index (χ4v) is 4.84. The third-order valence-electron chi connectivity index (χ3n) is 5.48. The maximum Gasteiger partial charge on any atom is 0.407 e. The number of ether oxygens (including phenoxy) is 1. The van der Waals surface area contributed by atoms with Crippen LogP contribution in [0.3, 0.4) is 0 Å². The van der Waals surface area contributed by atoms with Gasteiger partial charge in [-0.1, -0.05) is 0 Å². The summed E-state index contributed by atoms with van der Waals surface area (Å²) in [6.07, 6.45) is 3.24. The number of piperidine rings is 1. The van der Waals surface area contributed by atoms with E-state index in [4.69, 9.17) is 4.74 Å². The molecule has 1 spiro atoms. The summed E-state index contributed by atoms with van der Waals surface area (Å²) in [5.74, 6) is 0.539. The molecule has 144 valence electrons. The molecule has 1 aliphatic heterocycles. The van der Waals surface area contributed by atoms with Crippen molar-refractivity contribution >= 4 is 17.5 Å². The lowest BCUT2D eigenvalue weighted by molar-refractivity contribution is 0.0764. The van der Waals surface area contributed by atoms with Crippen molar-refractivity contribution in [3.63, 3.8) is 0 Å². The normalized spacial score (nSPS) is 23.0. The van der Waals surface area contributed by atoms with Gasteiger partial charge in [0, 0.05) is 42.1 Å². The highest BCUT2D eigenvalue weighted by Crippen LogP contribution is 2.53. The Hall–Kier alpha value is -1.51. The number of fused-ring (bicyclic) bond motifs is 1. The Kier molecular flexibility index (Phi) is 5.11. The summed E-state index contributed by atoms with van der Waals surface area (Å²) >= 11 is -1.23. The van der Waals surface area contributed by atoms with E-state index >= 15 is 0 Å². The fourth-order valence-electron chi connectivity index (χ4n) is 3.90. The van der Waals surface area contributed by atoms with Crippen LogP contribution >= 0.6 is 0 Å².